The number of hydrogen-bond acceptors (Lipinski definition) is 5. The fraction of sp³-hybridized carbons (Fsp3) is 0.429. The first-order chi connectivity index (χ1) is 13.5. The number of carbonyl (C=O) groups is 1. The second-order valence-corrected chi connectivity index (χ2v) is 6.73. The molecule has 7 heteroatoms. The van der Waals surface area contributed by atoms with Gasteiger partial charge in [-0.15, -0.1) is 0 Å². The molecule has 1 fully saturated rings. The molecule has 0 saturated heterocycles. The normalized spacial score (nSPS) is 14.6. The maximum atomic E-state index is 12.7. The van der Waals surface area contributed by atoms with Gasteiger partial charge in [0.05, 0.1) is 6.61 Å². The fourth-order valence-electron chi connectivity index (χ4n) is 2.73. The number of aromatic nitrogens is 1. The van der Waals surface area contributed by atoms with Crippen LogP contribution in [0.15, 0.2) is 42.7 Å². The van der Waals surface area contributed by atoms with Crippen molar-refractivity contribution in [3.63, 3.8) is 0 Å². The lowest BCUT2D eigenvalue weighted by molar-refractivity contribution is -0.149. The Morgan fingerprint density at radius 1 is 1.18 bits per heavy atom. The summed E-state index contributed by atoms with van der Waals surface area (Å²) in [5, 5.41) is 0. The first-order valence-corrected chi connectivity index (χ1v) is 9.35. The number of esters is 1. The second-order valence-electron chi connectivity index (χ2n) is 6.73. The maximum absolute atomic E-state index is 12.7. The number of hydrogen-bond donors (Lipinski definition) is 0. The zero-order valence-corrected chi connectivity index (χ0v) is 15.6. The molecule has 1 atom stereocenters. The molecule has 1 saturated carbocycles. The molecular formula is C21H23F2NO4. The smallest absolute Gasteiger partial charge is 0.387 e. The lowest BCUT2D eigenvalue weighted by atomic mass is 10.0. The highest BCUT2D eigenvalue weighted by Gasteiger charge is 2.24. The number of pyridine rings is 1. The molecule has 1 aliphatic rings. The third-order valence-corrected chi connectivity index (χ3v) is 4.46. The quantitative estimate of drug-likeness (QED) is 0.549. The van der Waals surface area contributed by atoms with Crippen molar-refractivity contribution in [2.75, 3.05) is 6.61 Å². The topological polar surface area (TPSA) is 57.7 Å². The van der Waals surface area contributed by atoms with Crippen LogP contribution in [-0.2, 0) is 16.0 Å². The number of carbonyl (C=O) groups excluding carboxylic acids is 1. The lowest BCUT2D eigenvalue weighted by Gasteiger charge is -2.20. The Morgan fingerprint density at radius 2 is 1.93 bits per heavy atom. The van der Waals surface area contributed by atoms with Gasteiger partial charge >= 0.3 is 12.6 Å². The van der Waals surface area contributed by atoms with E-state index in [9.17, 15) is 13.6 Å². The van der Waals surface area contributed by atoms with E-state index in [0.29, 0.717) is 24.5 Å². The van der Waals surface area contributed by atoms with Gasteiger partial charge in [-0.1, -0.05) is 13.0 Å². The van der Waals surface area contributed by atoms with E-state index in [1.165, 1.54) is 6.07 Å². The van der Waals surface area contributed by atoms with Crippen LogP contribution in [0.2, 0.25) is 0 Å². The molecule has 1 aromatic heterocycles. The van der Waals surface area contributed by atoms with Crippen LogP contribution in [0, 0.1) is 5.92 Å². The Labute approximate surface area is 162 Å². The highest BCUT2D eigenvalue weighted by molar-refractivity contribution is 5.69. The molecule has 3 rings (SSSR count). The van der Waals surface area contributed by atoms with Crippen LogP contribution in [0.25, 0.3) is 0 Å². The third kappa shape index (κ3) is 5.90. The summed E-state index contributed by atoms with van der Waals surface area (Å²) in [5.74, 6) is 0.321. The van der Waals surface area contributed by atoms with Crippen LogP contribution in [0.3, 0.4) is 0 Å². The van der Waals surface area contributed by atoms with Crippen molar-refractivity contribution < 1.29 is 27.8 Å². The number of ether oxygens (including phenoxy) is 3. The number of halogens is 2. The van der Waals surface area contributed by atoms with Gasteiger partial charge in [-0.2, -0.15) is 8.78 Å². The van der Waals surface area contributed by atoms with Crippen LogP contribution in [0.5, 0.6) is 11.5 Å². The molecule has 150 valence electrons. The maximum Gasteiger partial charge on any atom is 0.387 e. The van der Waals surface area contributed by atoms with Crippen molar-refractivity contribution in [1.82, 2.24) is 4.98 Å². The molecule has 0 bridgehead atoms. The zero-order valence-electron chi connectivity index (χ0n) is 15.6. The van der Waals surface area contributed by atoms with Crippen LogP contribution in [0.4, 0.5) is 8.78 Å². The van der Waals surface area contributed by atoms with Crippen molar-refractivity contribution in [2.24, 2.45) is 5.92 Å². The van der Waals surface area contributed by atoms with E-state index in [4.69, 9.17) is 9.47 Å². The van der Waals surface area contributed by atoms with Crippen LogP contribution >= 0.6 is 0 Å². The van der Waals surface area contributed by atoms with Gasteiger partial charge in [-0.25, -0.2) is 0 Å². The SMILES string of the molecule is CCC(=O)OC(Cc1ccncc1)c1ccc(OC(F)F)c(OCC2CC2)c1. The summed E-state index contributed by atoms with van der Waals surface area (Å²) >= 11 is 0. The van der Waals surface area contributed by atoms with Gasteiger partial charge in [0.2, 0.25) is 0 Å². The van der Waals surface area contributed by atoms with Gasteiger partial charge < -0.3 is 14.2 Å². The van der Waals surface area contributed by atoms with Gasteiger partial charge in [0, 0.05) is 25.2 Å². The third-order valence-electron chi connectivity index (χ3n) is 4.46. The van der Waals surface area contributed by atoms with E-state index in [1.807, 2.05) is 12.1 Å². The second kappa shape index (κ2) is 9.48. The molecule has 5 nitrogen and oxygen atoms in total. The summed E-state index contributed by atoms with van der Waals surface area (Å²) in [7, 11) is 0. The van der Waals surface area contributed by atoms with Gasteiger partial charge in [0.15, 0.2) is 11.5 Å². The molecule has 1 aliphatic carbocycles. The molecule has 1 aromatic carbocycles. The largest absolute Gasteiger partial charge is 0.489 e. The van der Waals surface area contributed by atoms with Gasteiger partial charge in [-0.05, 0) is 54.2 Å². The summed E-state index contributed by atoms with van der Waals surface area (Å²) < 4.78 is 41.4. The van der Waals surface area contributed by atoms with Crippen molar-refractivity contribution in [3.05, 3.63) is 53.9 Å². The summed E-state index contributed by atoms with van der Waals surface area (Å²) in [5.41, 5.74) is 1.60. The monoisotopic (exact) mass is 391 g/mol. The summed E-state index contributed by atoms with van der Waals surface area (Å²) in [6.07, 6.45) is 5.58. The highest BCUT2D eigenvalue weighted by Crippen LogP contribution is 2.36. The standard InChI is InChI=1S/C21H23F2NO4/c1-2-20(25)27-18(11-14-7-9-24-10-8-14)16-5-6-17(28-21(22)23)19(12-16)26-13-15-3-4-15/h5-10,12,15,18,21H,2-4,11,13H2,1H3. The minimum Gasteiger partial charge on any atom is -0.489 e. The van der Waals surface area contributed by atoms with E-state index in [-0.39, 0.29) is 23.9 Å². The average Bonchev–Trinajstić information content (AvgIpc) is 3.51. The molecule has 28 heavy (non-hydrogen) atoms. The van der Waals surface area contributed by atoms with Gasteiger partial charge in [0.1, 0.15) is 6.10 Å². The number of nitrogens with zero attached hydrogens (tertiary/aromatic N) is 1. The van der Waals surface area contributed by atoms with Gasteiger partial charge in [0.25, 0.3) is 0 Å². The van der Waals surface area contributed by atoms with E-state index in [1.54, 1.807) is 31.5 Å². The van der Waals surface area contributed by atoms with E-state index in [2.05, 4.69) is 9.72 Å². The predicted octanol–water partition coefficient (Wildman–Crippen LogP) is 4.71. The van der Waals surface area contributed by atoms with Crippen molar-refractivity contribution in [2.45, 2.75) is 45.3 Å². The number of benzene rings is 1. The fourth-order valence-corrected chi connectivity index (χ4v) is 2.73. The lowest BCUT2D eigenvalue weighted by Crippen LogP contribution is -2.14. The van der Waals surface area contributed by atoms with Gasteiger partial charge in [-0.3, -0.25) is 9.78 Å². The average molecular weight is 391 g/mol. The van der Waals surface area contributed by atoms with Crippen LogP contribution in [0.1, 0.15) is 43.4 Å². The molecule has 1 unspecified atom stereocenters. The predicted molar refractivity (Wildman–Crippen MR) is 98.4 cm³/mol. The molecule has 0 amide bonds. The molecule has 2 aromatic rings. The molecular weight excluding hydrogens is 368 g/mol. The first-order valence-electron chi connectivity index (χ1n) is 9.35. The minimum atomic E-state index is -2.94. The minimum absolute atomic E-state index is 0.0242. The highest BCUT2D eigenvalue weighted by atomic mass is 19.3. The van der Waals surface area contributed by atoms with E-state index in [0.717, 1.165) is 18.4 Å². The molecule has 0 N–H and O–H groups in total. The Bertz CT molecular complexity index is 781. The number of rotatable bonds is 10. The summed E-state index contributed by atoms with van der Waals surface area (Å²) in [6, 6.07) is 8.35. The Balaban J connectivity index is 1.85. The van der Waals surface area contributed by atoms with Crippen molar-refractivity contribution >= 4 is 5.97 Å². The first kappa shape index (κ1) is 20.0. The summed E-state index contributed by atoms with van der Waals surface area (Å²) in [4.78, 5) is 15.9. The molecule has 0 radical (unpaired) electrons. The van der Waals surface area contributed by atoms with E-state index < -0.39 is 12.7 Å². The molecule has 0 aliphatic heterocycles. The van der Waals surface area contributed by atoms with Crippen LogP contribution < -0.4 is 9.47 Å². The Morgan fingerprint density at radius 3 is 2.57 bits per heavy atom. The van der Waals surface area contributed by atoms with Crippen molar-refractivity contribution in [3.8, 4) is 11.5 Å². The van der Waals surface area contributed by atoms with Crippen LogP contribution in [-0.4, -0.2) is 24.2 Å². The number of alkyl halides is 2. The Kier molecular flexibility index (Phi) is 6.79. The summed E-state index contributed by atoms with van der Waals surface area (Å²) in [6.45, 7) is -0.776. The molecule has 0 spiro atoms. The molecule has 1 heterocycles. The Hall–Kier alpha value is -2.70. The van der Waals surface area contributed by atoms with E-state index >= 15 is 0 Å². The van der Waals surface area contributed by atoms with Crippen molar-refractivity contribution in [1.29, 1.82) is 0 Å². The zero-order chi connectivity index (χ0) is 19.9.